The Morgan fingerprint density at radius 3 is 2.81 bits per heavy atom. The lowest BCUT2D eigenvalue weighted by molar-refractivity contribution is -0.174. The minimum absolute atomic E-state index is 0.127. The van der Waals surface area contributed by atoms with E-state index in [9.17, 15) is 18.4 Å². The van der Waals surface area contributed by atoms with Crippen LogP contribution in [0, 0.1) is 11.8 Å². The Morgan fingerprint density at radius 1 is 1.50 bits per heavy atom. The number of hydrogen-bond acceptors (Lipinski definition) is 4. The third kappa shape index (κ3) is 1.88. The summed E-state index contributed by atoms with van der Waals surface area (Å²) < 4.78 is 33.8. The number of hydrogen-bond donors (Lipinski definition) is 0. The Balaban J connectivity index is 2.04. The zero-order chi connectivity index (χ0) is 11.9. The second kappa shape index (κ2) is 3.99. The predicted octanol–water partition coefficient (Wildman–Crippen LogP) is 1.13. The lowest BCUT2D eigenvalue weighted by Gasteiger charge is -2.30. The van der Waals surface area contributed by atoms with Crippen molar-refractivity contribution in [3.05, 3.63) is 0 Å². The number of carbonyl (C=O) groups excluding carboxylic acids is 2. The molecule has 0 amide bonds. The van der Waals surface area contributed by atoms with Crippen LogP contribution in [-0.2, 0) is 19.1 Å². The number of alkyl halides is 2. The van der Waals surface area contributed by atoms with Crippen molar-refractivity contribution in [2.24, 2.45) is 11.8 Å². The number of fused-ring (bicyclic) bond motifs is 2. The first-order chi connectivity index (χ1) is 7.49. The predicted molar refractivity (Wildman–Crippen MR) is 47.7 cm³/mol. The lowest BCUT2D eigenvalue weighted by atomic mass is 9.81. The van der Waals surface area contributed by atoms with Gasteiger partial charge in [0.2, 0.25) is 0 Å². The van der Waals surface area contributed by atoms with Crippen molar-refractivity contribution in [2.45, 2.75) is 38.4 Å². The first-order valence-electron chi connectivity index (χ1n) is 5.18. The lowest BCUT2D eigenvalue weighted by Crippen LogP contribution is -2.40. The van der Waals surface area contributed by atoms with Gasteiger partial charge in [0.15, 0.2) is 0 Å². The first kappa shape index (κ1) is 11.3. The number of esters is 2. The molecule has 0 spiro atoms. The van der Waals surface area contributed by atoms with Crippen molar-refractivity contribution in [1.29, 1.82) is 0 Å². The van der Waals surface area contributed by atoms with Crippen molar-refractivity contribution in [2.75, 3.05) is 0 Å². The van der Waals surface area contributed by atoms with Gasteiger partial charge in [-0.1, -0.05) is 6.92 Å². The molecule has 1 aliphatic carbocycles. The van der Waals surface area contributed by atoms with E-state index in [1.54, 1.807) is 6.92 Å². The summed E-state index contributed by atoms with van der Waals surface area (Å²) in [5.41, 5.74) is 0. The SMILES string of the molecule is CC1CC2CC(OC2=O)C1OC(=O)C(F)F. The molecular weight excluding hydrogens is 222 g/mol. The zero-order valence-corrected chi connectivity index (χ0v) is 8.69. The molecule has 1 aliphatic heterocycles. The maximum absolute atomic E-state index is 12.0. The standard InChI is InChI=1S/C10H12F2O4/c1-4-2-5-3-6(15-9(5)13)7(4)16-10(14)8(11)12/h4-8H,2-3H2,1H3. The van der Waals surface area contributed by atoms with Crippen molar-refractivity contribution in [3.63, 3.8) is 0 Å². The number of ether oxygens (including phenoxy) is 2. The van der Waals surface area contributed by atoms with E-state index in [-0.39, 0.29) is 17.8 Å². The molecule has 0 radical (unpaired) electrons. The second-order valence-corrected chi connectivity index (χ2v) is 4.32. The van der Waals surface area contributed by atoms with Crippen LogP contribution in [0.25, 0.3) is 0 Å². The van der Waals surface area contributed by atoms with E-state index in [4.69, 9.17) is 4.74 Å². The van der Waals surface area contributed by atoms with E-state index in [2.05, 4.69) is 4.74 Å². The number of carbonyl (C=O) groups is 2. The summed E-state index contributed by atoms with van der Waals surface area (Å²) in [5, 5.41) is 0. The Labute approximate surface area is 90.9 Å². The Bertz CT molecular complexity index is 318. The van der Waals surface area contributed by atoms with Gasteiger partial charge in [-0.15, -0.1) is 0 Å². The summed E-state index contributed by atoms with van der Waals surface area (Å²) in [4.78, 5) is 22.1. The molecule has 0 aromatic carbocycles. The highest BCUT2D eigenvalue weighted by molar-refractivity contribution is 5.76. The maximum Gasteiger partial charge on any atom is 0.374 e. The van der Waals surface area contributed by atoms with Crippen LogP contribution in [0.4, 0.5) is 8.78 Å². The van der Waals surface area contributed by atoms with Crippen LogP contribution in [0.3, 0.4) is 0 Å². The van der Waals surface area contributed by atoms with Gasteiger partial charge in [-0.05, 0) is 12.3 Å². The van der Waals surface area contributed by atoms with Gasteiger partial charge < -0.3 is 9.47 Å². The molecule has 0 N–H and O–H groups in total. The molecule has 16 heavy (non-hydrogen) atoms. The minimum atomic E-state index is -3.14. The first-order valence-corrected chi connectivity index (χ1v) is 5.18. The van der Waals surface area contributed by atoms with E-state index in [1.807, 2.05) is 0 Å². The molecule has 0 aromatic heterocycles. The number of rotatable bonds is 2. The highest BCUT2D eigenvalue weighted by atomic mass is 19.3. The average Bonchev–Trinajstić information content (AvgIpc) is 2.50. The van der Waals surface area contributed by atoms with Gasteiger partial charge >= 0.3 is 18.4 Å². The molecule has 4 atom stereocenters. The maximum atomic E-state index is 12.0. The van der Waals surface area contributed by atoms with Gasteiger partial charge in [0.05, 0.1) is 5.92 Å². The van der Waals surface area contributed by atoms with Crippen LogP contribution in [0.2, 0.25) is 0 Å². The minimum Gasteiger partial charge on any atom is -0.458 e. The number of halogens is 2. The molecule has 1 saturated heterocycles. The normalized spacial score (nSPS) is 37.4. The quantitative estimate of drug-likeness (QED) is 0.672. The van der Waals surface area contributed by atoms with E-state index in [1.165, 1.54) is 0 Å². The monoisotopic (exact) mass is 234 g/mol. The van der Waals surface area contributed by atoms with Crippen LogP contribution in [-0.4, -0.2) is 30.6 Å². The van der Waals surface area contributed by atoms with Gasteiger partial charge in [0.25, 0.3) is 0 Å². The zero-order valence-electron chi connectivity index (χ0n) is 8.69. The molecule has 1 heterocycles. The summed E-state index contributed by atoms with van der Waals surface area (Å²) in [7, 11) is 0. The molecule has 2 aliphatic rings. The largest absolute Gasteiger partial charge is 0.458 e. The summed E-state index contributed by atoms with van der Waals surface area (Å²) in [6, 6.07) is 0. The van der Waals surface area contributed by atoms with Gasteiger partial charge in [-0.3, -0.25) is 4.79 Å². The van der Waals surface area contributed by atoms with E-state index in [0.717, 1.165) is 0 Å². The second-order valence-electron chi connectivity index (χ2n) is 4.32. The Kier molecular flexibility index (Phi) is 2.82. The summed E-state index contributed by atoms with van der Waals surface area (Å²) >= 11 is 0. The van der Waals surface area contributed by atoms with Crippen molar-refractivity contribution >= 4 is 11.9 Å². The third-order valence-corrected chi connectivity index (χ3v) is 3.13. The van der Waals surface area contributed by atoms with Crippen molar-refractivity contribution < 1.29 is 27.8 Å². The molecule has 4 nitrogen and oxygen atoms in total. The van der Waals surface area contributed by atoms with Crippen molar-refractivity contribution in [3.8, 4) is 0 Å². The fraction of sp³-hybridized carbons (Fsp3) is 0.800. The molecular formula is C10H12F2O4. The highest BCUT2D eigenvalue weighted by Gasteiger charge is 2.49. The molecule has 2 fully saturated rings. The highest BCUT2D eigenvalue weighted by Crippen LogP contribution is 2.39. The Morgan fingerprint density at radius 2 is 2.19 bits per heavy atom. The third-order valence-electron chi connectivity index (χ3n) is 3.13. The van der Waals surface area contributed by atoms with E-state index in [0.29, 0.717) is 12.8 Å². The smallest absolute Gasteiger partial charge is 0.374 e. The van der Waals surface area contributed by atoms with Gasteiger partial charge in [0, 0.05) is 6.42 Å². The average molecular weight is 234 g/mol. The molecule has 90 valence electrons. The fourth-order valence-electron chi connectivity index (χ4n) is 2.39. The van der Waals surface area contributed by atoms with Crippen LogP contribution < -0.4 is 0 Å². The molecule has 4 unspecified atom stereocenters. The van der Waals surface area contributed by atoms with E-state index < -0.39 is 24.6 Å². The van der Waals surface area contributed by atoms with Crippen LogP contribution in [0.15, 0.2) is 0 Å². The van der Waals surface area contributed by atoms with Crippen LogP contribution in [0.1, 0.15) is 19.8 Å². The topological polar surface area (TPSA) is 52.6 Å². The Hall–Kier alpha value is -1.20. The molecule has 2 bridgehead atoms. The summed E-state index contributed by atoms with van der Waals surface area (Å²) in [6.45, 7) is 1.77. The van der Waals surface area contributed by atoms with Crippen LogP contribution in [0.5, 0.6) is 0 Å². The van der Waals surface area contributed by atoms with Gasteiger partial charge in [-0.25, -0.2) is 4.79 Å². The fourth-order valence-corrected chi connectivity index (χ4v) is 2.39. The van der Waals surface area contributed by atoms with E-state index >= 15 is 0 Å². The van der Waals surface area contributed by atoms with Gasteiger partial charge in [0.1, 0.15) is 12.2 Å². The summed E-state index contributed by atoms with van der Waals surface area (Å²) in [5.74, 6) is -2.15. The molecule has 1 saturated carbocycles. The molecule has 6 heteroatoms. The summed E-state index contributed by atoms with van der Waals surface area (Å²) in [6.07, 6.45) is -3.43. The van der Waals surface area contributed by atoms with Gasteiger partial charge in [-0.2, -0.15) is 8.78 Å². The van der Waals surface area contributed by atoms with Crippen LogP contribution >= 0.6 is 0 Å². The molecule has 2 rings (SSSR count). The molecule has 0 aromatic rings. The van der Waals surface area contributed by atoms with Crippen molar-refractivity contribution in [1.82, 2.24) is 0 Å².